The summed E-state index contributed by atoms with van der Waals surface area (Å²) < 4.78 is 0. The third-order valence-electron chi connectivity index (χ3n) is 3.54. The Bertz CT molecular complexity index is 443. The van der Waals surface area contributed by atoms with Crippen LogP contribution < -0.4 is 5.32 Å². The minimum atomic E-state index is -0.398. The first-order valence-electron chi connectivity index (χ1n) is 6.26. The molecule has 98 valence electrons. The molecule has 4 nitrogen and oxygen atoms in total. The van der Waals surface area contributed by atoms with Gasteiger partial charge in [-0.2, -0.15) is 0 Å². The highest BCUT2D eigenvalue weighted by molar-refractivity contribution is 6.33. The molecule has 0 aliphatic heterocycles. The molecule has 1 saturated carbocycles. The number of benzene rings is 1. The van der Waals surface area contributed by atoms with Crippen molar-refractivity contribution < 1.29 is 4.92 Å². The van der Waals surface area contributed by atoms with Crippen LogP contribution in [0.4, 0.5) is 11.4 Å². The van der Waals surface area contributed by atoms with E-state index < -0.39 is 4.92 Å². The van der Waals surface area contributed by atoms with Crippen molar-refractivity contribution in [3.05, 3.63) is 33.3 Å². The Kier molecular flexibility index (Phi) is 4.07. The smallest absolute Gasteiger partial charge is 0.271 e. The zero-order chi connectivity index (χ0) is 13.1. The summed E-state index contributed by atoms with van der Waals surface area (Å²) in [6.45, 7) is 2.26. The quantitative estimate of drug-likeness (QED) is 0.659. The van der Waals surface area contributed by atoms with Crippen molar-refractivity contribution in [1.82, 2.24) is 0 Å². The lowest BCUT2D eigenvalue weighted by Crippen LogP contribution is -2.25. The molecule has 0 saturated heterocycles. The Morgan fingerprint density at radius 3 is 2.61 bits per heavy atom. The molecule has 1 aromatic rings. The molecule has 1 aliphatic rings. The Labute approximate surface area is 111 Å². The van der Waals surface area contributed by atoms with E-state index in [1.165, 1.54) is 25.0 Å². The van der Waals surface area contributed by atoms with E-state index in [4.69, 9.17) is 11.6 Å². The summed E-state index contributed by atoms with van der Waals surface area (Å²) in [6.07, 6.45) is 4.59. The second-order valence-corrected chi connectivity index (χ2v) is 5.43. The van der Waals surface area contributed by atoms with Crippen molar-refractivity contribution in [2.75, 3.05) is 5.32 Å². The number of nitro benzene ring substituents is 1. The van der Waals surface area contributed by atoms with Crippen molar-refractivity contribution in [3.63, 3.8) is 0 Å². The van der Waals surface area contributed by atoms with Gasteiger partial charge in [-0.3, -0.25) is 10.1 Å². The van der Waals surface area contributed by atoms with Gasteiger partial charge < -0.3 is 5.32 Å². The topological polar surface area (TPSA) is 55.2 Å². The third kappa shape index (κ3) is 3.13. The fourth-order valence-corrected chi connectivity index (χ4v) is 2.53. The highest BCUT2D eigenvalue weighted by Crippen LogP contribution is 2.31. The average Bonchev–Trinajstić information content (AvgIpc) is 2.34. The molecule has 0 heterocycles. The zero-order valence-corrected chi connectivity index (χ0v) is 11.1. The number of hydrogen-bond donors (Lipinski definition) is 1. The second-order valence-electron chi connectivity index (χ2n) is 5.02. The van der Waals surface area contributed by atoms with Gasteiger partial charge in [0.15, 0.2) is 0 Å². The van der Waals surface area contributed by atoms with Crippen LogP contribution in [-0.4, -0.2) is 11.0 Å². The lowest BCUT2D eigenvalue weighted by Gasteiger charge is -2.28. The molecule has 5 heteroatoms. The van der Waals surface area contributed by atoms with Crippen molar-refractivity contribution in [2.45, 2.75) is 38.6 Å². The number of nitro groups is 1. The van der Waals surface area contributed by atoms with E-state index in [1.54, 1.807) is 6.07 Å². The Balaban J connectivity index is 2.08. The Morgan fingerprint density at radius 1 is 1.33 bits per heavy atom. The number of rotatable bonds is 3. The van der Waals surface area contributed by atoms with Gasteiger partial charge in [0.05, 0.1) is 15.6 Å². The molecule has 0 radical (unpaired) electrons. The van der Waals surface area contributed by atoms with Gasteiger partial charge in [0.1, 0.15) is 0 Å². The van der Waals surface area contributed by atoms with E-state index in [0.717, 1.165) is 18.8 Å². The molecule has 0 amide bonds. The maximum atomic E-state index is 10.7. The summed E-state index contributed by atoms with van der Waals surface area (Å²) in [5.74, 6) is 0.781. The van der Waals surface area contributed by atoms with Gasteiger partial charge in [-0.25, -0.2) is 0 Å². The molecule has 0 aromatic heterocycles. The molecule has 1 N–H and O–H groups in total. The van der Waals surface area contributed by atoms with Crippen molar-refractivity contribution in [1.29, 1.82) is 0 Å². The average molecular weight is 269 g/mol. The van der Waals surface area contributed by atoms with Crippen LogP contribution in [0.3, 0.4) is 0 Å². The van der Waals surface area contributed by atoms with E-state index in [-0.39, 0.29) is 5.69 Å². The van der Waals surface area contributed by atoms with Crippen LogP contribution in [0.1, 0.15) is 32.6 Å². The number of non-ortho nitro benzene ring substituents is 1. The molecule has 2 rings (SSSR count). The predicted octanol–water partition coefficient (Wildman–Crippen LogP) is 4.24. The van der Waals surface area contributed by atoms with Gasteiger partial charge in [-0.1, -0.05) is 18.5 Å². The SMILES string of the molecule is CC1CCC(Nc2cc([N+](=O)[O-])ccc2Cl)CC1. The minimum absolute atomic E-state index is 0.0751. The van der Waals surface area contributed by atoms with Crippen molar-refractivity contribution in [3.8, 4) is 0 Å². The van der Waals surface area contributed by atoms with E-state index in [2.05, 4.69) is 12.2 Å². The summed E-state index contributed by atoms with van der Waals surface area (Å²) >= 11 is 6.06. The van der Waals surface area contributed by atoms with E-state index in [1.807, 2.05) is 0 Å². The van der Waals surface area contributed by atoms with E-state index in [9.17, 15) is 10.1 Å². The Hall–Kier alpha value is -1.29. The summed E-state index contributed by atoms with van der Waals surface area (Å²) in [6, 6.07) is 4.89. The first-order valence-corrected chi connectivity index (χ1v) is 6.64. The number of halogens is 1. The first-order chi connectivity index (χ1) is 8.56. The number of anilines is 1. The van der Waals surface area contributed by atoms with Crippen LogP contribution in [0.2, 0.25) is 5.02 Å². The molecule has 0 spiro atoms. The highest BCUT2D eigenvalue weighted by Gasteiger charge is 2.19. The maximum absolute atomic E-state index is 10.7. The zero-order valence-electron chi connectivity index (χ0n) is 10.4. The van der Waals surface area contributed by atoms with Gasteiger partial charge in [0.2, 0.25) is 0 Å². The molecule has 18 heavy (non-hydrogen) atoms. The minimum Gasteiger partial charge on any atom is -0.381 e. The Morgan fingerprint density at radius 2 is 2.00 bits per heavy atom. The molecular formula is C13H17ClN2O2. The standard InChI is InChI=1S/C13H17ClN2O2/c1-9-2-4-10(5-3-9)15-13-8-11(16(17)18)6-7-12(13)14/h6-10,15H,2-5H2,1H3. The normalized spacial score (nSPS) is 23.7. The highest BCUT2D eigenvalue weighted by atomic mass is 35.5. The first kappa shape index (κ1) is 13.1. The summed E-state index contributed by atoms with van der Waals surface area (Å²) in [5, 5.41) is 14.6. The second kappa shape index (κ2) is 5.57. The van der Waals surface area contributed by atoms with Gasteiger partial charge in [-0.15, -0.1) is 0 Å². The van der Waals surface area contributed by atoms with Crippen LogP contribution in [0, 0.1) is 16.0 Å². The largest absolute Gasteiger partial charge is 0.381 e. The predicted molar refractivity (Wildman–Crippen MR) is 73.1 cm³/mol. The number of hydrogen-bond acceptors (Lipinski definition) is 3. The lowest BCUT2D eigenvalue weighted by atomic mass is 9.87. The van der Waals surface area contributed by atoms with Crippen molar-refractivity contribution >= 4 is 23.0 Å². The van der Waals surface area contributed by atoms with Gasteiger partial charge in [0, 0.05) is 18.2 Å². The summed E-state index contributed by atoms with van der Waals surface area (Å²) in [7, 11) is 0. The molecule has 0 unspecified atom stereocenters. The van der Waals surface area contributed by atoms with Crippen LogP contribution in [-0.2, 0) is 0 Å². The van der Waals surface area contributed by atoms with E-state index >= 15 is 0 Å². The number of nitrogens with zero attached hydrogens (tertiary/aromatic N) is 1. The summed E-state index contributed by atoms with van der Waals surface area (Å²) in [4.78, 5) is 10.3. The van der Waals surface area contributed by atoms with E-state index in [0.29, 0.717) is 16.8 Å². The molecule has 0 atom stereocenters. The molecule has 0 bridgehead atoms. The fraction of sp³-hybridized carbons (Fsp3) is 0.538. The fourth-order valence-electron chi connectivity index (χ4n) is 2.36. The number of nitrogens with one attached hydrogen (secondary N) is 1. The van der Waals surface area contributed by atoms with Crippen molar-refractivity contribution in [2.24, 2.45) is 5.92 Å². The van der Waals surface area contributed by atoms with Gasteiger partial charge in [-0.05, 0) is 37.7 Å². The molecule has 1 fully saturated rings. The van der Waals surface area contributed by atoms with Crippen LogP contribution in [0.15, 0.2) is 18.2 Å². The van der Waals surface area contributed by atoms with Crippen LogP contribution in [0.5, 0.6) is 0 Å². The van der Waals surface area contributed by atoms with Gasteiger partial charge in [0.25, 0.3) is 5.69 Å². The molecule has 1 aromatic carbocycles. The van der Waals surface area contributed by atoms with Crippen LogP contribution in [0.25, 0.3) is 0 Å². The maximum Gasteiger partial charge on any atom is 0.271 e. The monoisotopic (exact) mass is 268 g/mol. The van der Waals surface area contributed by atoms with Gasteiger partial charge >= 0.3 is 0 Å². The van der Waals surface area contributed by atoms with Crippen LogP contribution >= 0.6 is 11.6 Å². The molecular weight excluding hydrogens is 252 g/mol. The summed E-state index contributed by atoms with van der Waals surface area (Å²) in [5.41, 5.74) is 0.747. The molecule has 1 aliphatic carbocycles. The lowest BCUT2D eigenvalue weighted by molar-refractivity contribution is -0.384. The third-order valence-corrected chi connectivity index (χ3v) is 3.87.